The molecule has 1 saturated carbocycles. The molecule has 7 heteroatoms. The van der Waals surface area contributed by atoms with E-state index in [-0.39, 0.29) is 16.8 Å². The number of carbonyl (C=O) groups is 1. The van der Waals surface area contributed by atoms with Crippen molar-refractivity contribution in [3.63, 3.8) is 0 Å². The lowest BCUT2D eigenvalue weighted by atomic mass is 10.2. The van der Waals surface area contributed by atoms with E-state index in [0.717, 1.165) is 18.5 Å². The molecule has 3 aromatic rings. The molecule has 2 N–H and O–H groups in total. The summed E-state index contributed by atoms with van der Waals surface area (Å²) in [6.45, 7) is 0. The van der Waals surface area contributed by atoms with Crippen LogP contribution >= 0.6 is 0 Å². The summed E-state index contributed by atoms with van der Waals surface area (Å²) >= 11 is 0. The fraction of sp³-hybridized carbons (Fsp3) is 0.150. The van der Waals surface area contributed by atoms with Crippen LogP contribution in [-0.2, 0) is 10.0 Å². The Balaban J connectivity index is 1.48. The molecule has 1 fully saturated rings. The molecule has 0 saturated heterocycles. The van der Waals surface area contributed by atoms with Crippen molar-refractivity contribution >= 4 is 21.6 Å². The molecule has 1 amide bonds. The fourth-order valence-electron chi connectivity index (χ4n) is 2.72. The average Bonchev–Trinajstić information content (AvgIpc) is 3.30. The summed E-state index contributed by atoms with van der Waals surface area (Å²) < 4.78 is 29.2. The zero-order valence-electron chi connectivity index (χ0n) is 14.5. The number of carbonyl (C=O) groups excluding carboxylic acids is 1. The highest BCUT2D eigenvalue weighted by Crippen LogP contribution is 2.23. The molecule has 0 bridgehead atoms. The van der Waals surface area contributed by atoms with E-state index in [1.807, 2.05) is 41.2 Å². The van der Waals surface area contributed by atoms with Gasteiger partial charge in [-0.05, 0) is 67.4 Å². The number of hydrogen-bond donors (Lipinski definition) is 2. The topological polar surface area (TPSA) is 80.2 Å². The fourth-order valence-corrected chi connectivity index (χ4v) is 4.07. The SMILES string of the molecule is O=C(Nc1cccc(S(=O)(=O)NC2CC2)c1)c1ccc(-n2cccc2)cc1. The van der Waals surface area contributed by atoms with Gasteiger partial charge in [0.2, 0.25) is 10.0 Å². The van der Waals surface area contributed by atoms with Gasteiger partial charge in [0.05, 0.1) is 4.90 Å². The minimum atomic E-state index is -3.55. The highest BCUT2D eigenvalue weighted by atomic mass is 32.2. The number of amides is 1. The number of nitrogens with one attached hydrogen (secondary N) is 2. The number of anilines is 1. The van der Waals surface area contributed by atoms with Crippen molar-refractivity contribution < 1.29 is 13.2 Å². The summed E-state index contributed by atoms with van der Waals surface area (Å²) in [4.78, 5) is 12.6. The van der Waals surface area contributed by atoms with E-state index >= 15 is 0 Å². The van der Waals surface area contributed by atoms with Crippen molar-refractivity contribution in [2.45, 2.75) is 23.8 Å². The van der Waals surface area contributed by atoms with Crippen molar-refractivity contribution in [1.29, 1.82) is 0 Å². The van der Waals surface area contributed by atoms with Crippen molar-refractivity contribution in [3.8, 4) is 5.69 Å². The maximum absolute atomic E-state index is 12.5. The molecule has 4 rings (SSSR count). The van der Waals surface area contributed by atoms with Gasteiger partial charge in [-0.1, -0.05) is 6.07 Å². The second-order valence-electron chi connectivity index (χ2n) is 6.51. The summed E-state index contributed by atoms with van der Waals surface area (Å²) in [5.41, 5.74) is 1.89. The lowest BCUT2D eigenvalue weighted by Gasteiger charge is -2.10. The van der Waals surface area contributed by atoms with Gasteiger partial charge in [0.25, 0.3) is 5.91 Å². The zero-order chi connectivity index (χ0) is 18.9. The van der Waals surface area contributed by atoms with Gasteiger partial charge >= 0.3 is 0 Å². The minimum Gasteiger partial charge on any atom is -0.324 e. The smallest absolute Gasteiger partial charge is 0.255 e. The summed E-state index contributed by atoms with van der Waals surface area (Å²) in [5, 5.41) is 2.76. The van der Waals surface area contributed by atoms with Crippen LogP contribution in [0.1, 0.15) is 23.2 Å². The standard InChI is InChI=1S/C20H19N3O3S/c24-20(15-6-10-18(11-7-15)23-12-1-2-13-23)21-17-4-3-5-19(14-17)27(25,26)22-16-8-9-16/h1-7,10-14,16,22H,8-9H2,(H,21,24). The van der Waals surface area contributed by atoms with E-state index < -0.39 is 10.0 Å². The number of rotatable bonds is 6. The van der Waals surface area contributed by atoms with Gasteiger partial charge in [-0.3, -0.25) is 4.79 Å². The van der Waals surface area contributed by atoms with Gasteiger partial charge in [-0.2, -0.15) is 0 Å². The summed E-state index contributed by atoms with van der Waals surface area (Å²) in [5.74, 6) is -0.293. The predicted molar refractivity (Wildman–Crippen MR) is 104 cm³/mol. The number of benzene rings is 2. The minimum absolute atomic E-state index is 0.0343. The van der Waals surface area contributed by atoms with Crippen LogP contribution in [0.25, 0.3) is 5.69 Å². The highest BCUT2D eigenvalue weighted by Gasteiger charge is 2.28. The molecule has 1 aromatic heterocycles. The Morgan fingerprint density at radius 2 is 1.67 bits per heavy atom. The molecule has 27 heavy (non-hydrogen) atoms. The summed E-state index contributed by atoms with van der Waals surface area (Å²) in [7, 11) is -3.55. The van der Waals surface area contributed by atoms with Crippen molar-refractivity contribution in [3.05, 3.63) is 78.6 Å². The quantitative estimate of drug-likeness (QED) is 0.688. The van der Waals surface area contributed by atoms with Crippen LogP contribution in [0.2, 0.25) is 0 Å². The molecule has 1 aliphatic rings. The Morgan fingerprint density at radius 3 is 2.33 bits per heavy atom. The lowest BCUT2D eigenvalue weighted by molar-refractivity contribution is 0.102. The Hall–Kier alpha value is -2.90. The third-order valence-electron chi connectivity index (χ3n) is 4.33. The van der Waals surface area contributed by atoms with Crippen LogP contribution in [0.15, 0.2) is 78.0 Å². The van der Waals surface area contributed by atoms with Crippen molar-refractivity contribution in [2.75, 3.05) is 5.32 Å². The molecule has 1 heterocycles. The molecular weight excluding hydrogens is 362 g/mol. The maximum atomic E-state index is 12.5. The number of hydrogen-bond acceptors (Lipinski definition) is 3. The lowest BCUT2D eigenvalue weighted by Crippen LogP contribution is -2.25. The first-order valence-corrected chi connectivity index (χ1v) is 10.2. The molecular formula is C20H19N3O3S. The number of aromatic nitrogens is 1. The first-order valence-electron chi connectivity index (χ1n) is 8.68. The molecule has 0 aliphatic heterocycles. The normalized spacial score (nSPS) is 14.1. The molecule has 0 radical (unpaired) electrons. The first-order chi connectivity index (χ1) is 13.0. The van der Waals surface area contributed by atoms with E-state index in [9.17, 15) is 13.2 Å². The maximum Gasteiger partial charge on any atom is 0.255 e. The van der Waals surface area contributed by atoms with E-state index in [0.29, 0.717) is 11.3 Å². The van der Waals surface area contributed by atoms with Crippen molar-refractivity contribution in [1.82, 2.24) is 9.29 Å². The van der Waals surface area contributed by atoms with Gasteiger partial charge in [0.15, 0.2) is 0 Å². The van der Waals surface area contributed by atoms with Gasteiger partial charge in [-0.25, -0.2) is 13.1 Å². The van der Waals surface area contributed by atoms with Gasteiger partial charge in [0, 0.05) is 35.4 Å². The second kappa shape index (κ2) is 7.02. The third-order valence-corrected chi connectivity index (χ3v) is 5.85. The van der Waals surface area contributed by atoms with E-state index in [4.69, 9.17) is 0 Å². The summed E-state index contributed by atoms with van der Waals surface area (Å²) in [6, 6.07) is 17.4. The molecule has 1 aliphatic carbocycles. The molecule has 0 unspecified atom stereocenters. The Kier molecular flexibility index (Phi) is 4.55. The van der Waals surface area contributed by atoms with Gasteiger partial charge in [-0.15, -0.1) is 0 Å². The predicted octanol–water partition coefficient (Wildman–Crippen LogP) is 3.17. The van der Waals surface area contributed by atoms with E-state index in [1.165, 1.54) is 12.1 Å². The molecule has 2 aromatic carbocycles. The number of sulfonamides is 1. The van der Waals surface area contributed by atoms with Gasteiger partial charge < -0.3 is 9.88 Å². The molecule has 6 nitrogen and oxygen atoms in total. The molecule has 138 valence electrons. The second-order valence-corrected chi connectivity index (χ2v) is 8.23. The van der Waals surface area contributed by atoms with Crippen LogP contribution in [0.5, 0.6) is 0 Å². The highest BCUT2D eigenvalue weighted by molar-refractivity contribution is 7.89. The summed E-state index contributed by atoms with van der Waals surface area (Å²) in [6.07, 6.45) is 5.59. The van der Waals surface area contributed by atoms with E-state index in [1.54, 1.807) is 24.3 Å². The van der Waals surface area contributed by atoms with Crippen LogP contribution in [0.3, 0.4) is 0 Å². The average molecular weight is 381 g/mol. The van der Waals surface area contributed by atoms with Crippen LogP contribution in [0.4, 0.5) is 5.69 Å². The Labute approximate surface area is 157 Å². The molecule has 0 atom stereocenters. The third kappa shape index (κ3) is 4.10. The molecule has 0 spiro atoms. The van der Waals surface area contributed by atoms with Gasteiger partial charge in [0.1, 0.15) is 0 Å². The monoisotopic (exact) mass is 381 g/mol. The Morgan fingerprint density at radius 1 is 0.963 bits per heavy atom. The number of nitrogens with zero attached hydrogens (tertiary/aromatic N) is 1. The first kappa shape index (κ1) is 17.5. The zero-order valence-corrected chi connectivity index (χ0v) is 15.3. The van der Waals surface area contributed by atoms with Crippen LogP contribution < -0.4 is 10.0 Å². The van der Waals surface area contributed by atoms with Crippen LogP contribution in [0, 0.1) is 0 Å². The largest absolute Gasteiger partial charge is 0.324 e. The Bertz CT molecular complexity index is 1050. The van der Waals surface area contributed by atoms with E-state index in [2.05, 4.69) is 10.0 Å². The van der Waals surface area contributed by atoms with Crippen LogP contribution in [-0.4, -0.2) is 24.9 Å². The van der Waals surface area contributed by atoms with Crippen molar-refractivity contribution in [2.24, 2.45) is 0 Å².